The number of ether oxygens (including phenoxy) is 1. The van der Waals surface area contributed by atoms with Gasteiger partial charge in [-0.2, -0.15) is 0 Å². The molecule has 7 heteroatoms. The number of Topliss-reactive ketones (excluding diaryl/α,β-unsaturated/α-hetero) is 1. The van der Waals surface area contributed by atoms with Crippen LogP contribution in [-0.4, -0.2) is 33.6 Å². The van der Waals surface area contributed by atoms with Crippen LogP contribution in [0, 0.1) is 0 Å². The van der Waals surface area contributed by atoms with E-state index in [9.17, 15) is 14.4 Å². The van der Waals surface area contributed by atoms with Gasteiger partial charge in [0.2, 0.25) is 0 Å². The standard InChI is InChI=1S/C16H16N2O4S/c1-3-22-15(21)14(10(2)19)23-16-17-12(9-13(20)18-16)11-7-5-4-6-8-11/h4-9,14H,3H2,1-2H3,(H,17,18,20). The molecule has 1 aromatic carbocycles. The van der Waals surface area contributed by atoms with E-state index in [0.29, 0.717) is 5.69 Å². The highest BCUT2D eigenvalue weighted by atomic mass is 32.2. The third kappa shape index (κ3) is 4.53. The number of aromatic amines is 1. The number of hydrogen-bond acceptors (Lipinski definition) is 6. The molecule has 0 amide bonds. The van der Waals surface area contributed by atoms with E-state index in [2.05, 4.69) is 9.97 Å². The Morgan fingerprint density at radius 2 is 2.00 bits per heavy atom. The highest BCUT2D eigenvalue weighted by molar-refractivity contribution is 8.01. The predicted octanol–water partition coefficient (Wildman–Crippen LogP) is 2.05. The number of carbonyl (C=O) groups is 2. The first-order valence-corrected chi connectivity index (χ1v) is 7.89. The van der Waals surface area contributed by atoms with Crippen LogP contribution in [-0.2, 0) is 14.3 Å². The summed E-state index contributed by atoms with van der Waals surface area (Å²) in [5.74, 6) is -1.00. The van der Waals surface area contributed by atoms with E-state index >= 15 is 0 Å². The summed E-state index contributed by atoms with van der Waals surface area (Å²) in [7, 11) is 0. The van der Waals surface area contributed by atoms with Crippen LogP contribution in [0.25, 0.3) is 11.3 Å². The first-order chi connectivity index (χ1) is 11.0. The maximum Gasteiger partial charge on any atom is 0.327 e. The molecule has 1 N–H and O–H groups in total. The molecule has 0 fully saturated rings. The number of benzene rings is 1. The molecule has 120 valence electrons. The number of thioether (sulfide) groups is 1. The third-order valence-electron chi connectivity index (χ3n) is 2.89. The lowest BCUT2D eigenvalue weighted by molar-refractivity contribution is -0.144. The predicted molar refractivity (Wildman–Crippen MR) is 87.3 cm³/mol. The first-order valence-electron chi connectivity index (χ1n) is 7.01. The van der Waals surface area contributed by atoms with E-state index in [1.54, 1.807) is 6.92 Å². The Morgan fingerprint density at radius 1 is 1.30 bits per heavy atom. The fourth-order valence-corrected chi connectivity index (χ4v) is 2.74. The van der Waals surface area contributed by atoms with Crippen LogP contribution >= 0.6 is 11.8 Å². The number of hydrogen-bond donors (Lipinski definition) is 1. The molecule has 1 aromatic heterocycles. The molecule has 2 aromatic rings. The van der Waals surface area contributed by atoms with Crippen LogP contribution in [0.4, 0.5) is 0 Å². The van der Waals surface area contributed by atoms with Crippen molar-refractivity contribution in [2.75, 3.05) is 6.61 Å². The largest absolute Gasteiger partial charge is 0.465 e. The van der Waals surface area contributed by atoms with Crippen LogP contribution in [0.1, 0.15) is 13.8 Å². The number of carbonyl (C=O) groups excluding carboxylic acids is 2. The summed E-state index contributed by atoms with van der Waals surface area (Å²) in [6.07, 6.45) is 0. The maximum absolute atomic E-state index is 11.8. The Hall–Kier alpha value is -2.41. The fraction of sp³-hybridized carbons (Fsp3) is 0.250. The van der Waals surface area contributed by atoms with Gasteiger partial charge in [-0.05, 0) is 13.8 Å². The lowest BCUT2D eigenvalue weighted by Gasteiger charge is -2.12. The number of esters is 1. The third-order valence-corrected chi connectivity index (χ3v) is 4.07. The molecule has 1 unspecified atom stereocenters. The van der Waals surface area contributed by atoms with Gasteiger partial charge in [0.1, 0.15) is 0 Å². The van der Waals surface area contributed by atoms with E-state index < -0.39 is 11.2 Å². The number of aromatic nitrogens is 2. The van der Waals surface area contributed by atoms with E-state index in [-0.39, 0.29) is 23.1 Å². The Kier molecular flexibility index (Phi) is 5.70. The maximum atomic E-state index is 11.8. The lowest BCUT2D eigenvalue weighted by Crippen LogP contribution is -2.27. The summed E-state index contributed by atoms with van der Waals surface area (Å²) in [6, 6.07) is 10.5. The van der Waals surface area contributed by atoms with Gasteiger partial charge in [0.15, 0.2) is 16.2 Å². The molecule has 0 saturated heterocycles. The molecule has 0 aliphatic rings. The Bertz CT molecular complexity index is 758. The second-order valence-corrected chi connectivity index (χ2v) is 5.76. The molecule has 0 aliphatic carbocycles. The van der Waals surface area contributed by atoms with E-state index in [0.717, 1.165) is 17.3 Å². The van der Waals surface area contributed by atoms with Gasteiger partial charge in [0, 0.05) is 11.6 Å². The molecular formula is C16H16N2O4S. The molecule has 0 bridgehead atoms. The number of rotatable bonds is 6. The Balaban J connectivity index is 2.32. The summed E-state index contributed by atoms with van der Waals surface area (Å²) in [4.78, 5) is 42.2. The average molecular weight is 332 g/mol. The monoisotopic (exact) mass is 332 g/mol. The van der Waals surface area contributed by atoms with Crippen LogP contribution < -0.4 is 5.56 Å². The quantitative estimate of drug-likeness (QED) is 0.377. The molecular weight excluding hydrogens is 316 g/mol. The summed E-state index contributed by atoms with van der Waals surface area (Å²) in [6.45, 7) is 3.14. The second-order valence-electron chi connectivity index (χ2n) is 4.66. The Morgan fingerprint density at radius 3 is 2.61 bits per heavy atom. The van der Waals surface area contributed by atoms with E-state index in [1.807, 2.05) is 30.3 Å². The van der Waals surface area contributed by atoms with Crippen LogP contribution in [0.2, 0.25) is 0 Å². The first kappa shape index (κ1) is 17.0. The number of H-pyrrole nitrogens is 1. The van der Waals surface area contributed by atoms with E-state index in [4.69, 9.17) is 4.74 Å². The van der Waals surface area contributed by atoms with Gasteiger partial charge in [0.25, 0.3) is 5.56 Å². The molecule has 1 atom stereocenters. The average Bonchev–Trinajstić information content (AvgIpc) is 2.53. The van der Waals surface area contributed by atoms with Crippen molar-refractivity contribution in [1.82, 2.24) is 9.97 Å². The van der Waals surface area contributed by atoms with Gasteiger partial charge >= 0.3 is 5.97 Å². The lowest BCUT2D eigenvalue weighted by atomic mass is 10.1. The molecule has 2 rings (SSSR count). The van der Waals surface area contributed by atoms with Crippen molar-refractivity contribution >= 4 is 23.5 Å². The summed E-state index contributed by atoms with van der Waals surface area (Å²) < 4.78 is 4.88. The van der Waals surface area contributed by atoms with Gasteiger partial charge in [0.05, 0.1) is 12.3 Å². The molecule has 6 nitrogen and oxygen atoms in total. The minimum absolute atomic E-state index is 0.178. The van der Waals surface area contributed by atoms with Gasteiger partial charge < -0.3 is 9.72 Å². The molecule has 0 spiro atoms. The number of nitrogens with one attached hydrogen (secondary N) is 1. The topological polar surface area (TPSA) is 89.1 Å². The zero-order chi connectivity index (χ0) is 16.8. The minimum Gasteiger partial charge on any atom is -0.465 e. The SMILES string of the molecule is CCOC(=O)C(Sc1nc(-c2ccccc2)cc(=O)[nH]1)C(C)=O. The molecule has 0 saturated carbocycles. The normalized spacial score (nSPS) is 11.7. The van der Waals surface area contributed by atoms with Gasteiger partial charge in [-0.3, -0.25) is 14.4 Å². The van der Waals surface area contributed by atoms with E-state index in [1.165, 1.54) is 13.0 Å². The minimum atomic E-state index is -1.05. The van der Waals surface area contributed by atoms with Gasteiger partial charge in [-0.25, -0.2) is 4.98 Å². The van der Waals surface area contributed by atoms with Crippen molar-refractivity contribution in [2.24, 2.45) is 0 Å². The summed E-state index contributed by atoms with van der Waals surface area (Å²) in [5, 5.41) is -0.853. The fourth-order valence-electron chi connectivity index (χ4n) is 1.87. The van der Waals surface area contributed by atoms with Crippen LogP contribution in [0.3, 0.4) is 0 Å². The van der Waals surface area contributed by atoms with Gasteiger partial charge in [-0.15, -0.1) is 0 Å². The van der Waals surface area contributed by atoms with Gasteiger partial charge in [-0.1, -0.05) is 42.1 Å². The molecule has 1 heterocycles. The zero-order valence-corrected chi connectivity index (χ0v) is 13.6. The van der Waals surface area contributed by atoms with Crippen molar-refractivity contribution < 1.29 is 14.3 Å². The highest BCUT2D eigenvalue weighted by Gasteiger charge is 2.27. The van der Waals surface area contributed by atoms with Crippen molar-refractivity contribution in [2.45, 2.75) is 24.3 Å². The number of nitrogens with zero attached hydrogens (tertiary/aromatic N) is 1. The number of ketones is 1. The Labute approximate surface area is 137 Å². The van der Waals surface area contributed by atoms with Crippen LogP contribution in [0.15, 0.2) is 46.3 Å². The smallest absolute Gasteiger partial charge is 0.327 e. The second kappa shape index (κ2) is 7.73. The molecule has 0 aliphatic heterocycles. The highest BCUT2D eigenvalue weighted by Crippen LogP contribution is 2.23. The van der Waals surface area contributed by atoms with Crippen molar-refractivity contribution in [3.63, 3.8) is 0 Å². The molecule has 23 heavy (non-hydrogen) atoms. The van der Waals surface area contributed by atoms with Crippen molar-refractivity contribution in [3.8, 4) is 11.3 Å². The molecule has 0 radical (unpaired) electrons. The zero-order valence-electron chi connectivity index (χ0n) is 12.7. The summed E-state index contributed by atoms with van der Waals surface area (Å²) in [5.41, 5.74) is 0.895. The van der Waals surface area contributed by atoms with Crippen molar-refractivity contribution in [1.29, 1.82) is 0 Å². The summed E-state index contributed by atoms with van der Waals surface area (Å²) >= 11 is 0.877. The van der Waals surface area contributed by atoms with Crippen LogP contribution in [0.5, 0.6) is 0 Å². The van der Waals surface area contributed by atoms with Crippen molar-refractivity contribution in [3.05, 3.63) is 46.8 Å².